The second-order valence-corrected chi connectivity index (χ2v) is 7.01. The number of para-hydroxylation sites is 1. The molecule has 3 heterocycles. The van der Waals surface area contributed by atoms with E-state index in [1.165, 1.54) is 0 Å². The fraction of sp³-hybridized carbons (Fsp3) is 0.381. The number of carbonyl (C=O) groups excluding carboxylic acids is 1. The first-order chi connectivity index (χ1) is 13.3. The zero-order valence-corrected chi connectivity index (χ0v) is 15.2. The molecule has 5 rings (SSSR count). The Bertz CT molecular complexity index is 911. The van der Waals surface area contributed by atoms with Crippen molar-refractivity contribution in [3.8, 4) is 17.2 Å². The van der Waals surface area contributed by atoms with Crippen LogP contribution < -0.4 is 19.1 Å². The average molecular weight is 367 g/mol. The summed E-state index contributed by atoms with van der Waals surface area (Å²) in [6.07, 6.45) is 0.779. The summed E-state index contributed by atoms with van der Waals surface area (Å²) in [6.45, 7) is 2.55. The third kappa shape index (κ3) is 2.26. The molecule has 27 heavy (non-hydrogen) atoms. The molecule has 1 unspecified atom stereocenters. The molecule has 3 aliphatic rings. The van der Waals surface area contributed by atoms with Gasteiger partial charge in [0.15, 0.2) is 11.5 Å². The van der Waals surface area contributed by atoms with Crippen molar-refractivity contribution in [1.82, 2.24) is 0 Å². The zero-order chi connectivity index (χ0) is 18.4. The minimum Gasteiger partial charge on any atom is -0.491 e. The fourth-order valence-corrected chi connectivity index (χ4v) is 4.30. The second-order valence-electron chi connectivity index (χ2n) is 7.01. The number of amides is 1. The van der Waals surface area contributed by atoms with Gasteiger partial charge in [0.05, 0.1) is 0 Å². The molecular weight excluding hydrogens is 346 g/mol. The molecule has 0 fully saturated rings. The van der Waals surface area contributed by atoms with Crippen molar-refractivity contribution in [2.45, 2.75) is 11.8 Å². The Hall–Kier alpha value is -2.73. The quantitative estimate of drug-likeness (QED) is 0.778. The third-order valence-electron chi connectivity index (χ3n) is 5.54. The van der Waals surface area contributed by atoms with Gasteiger partial charge >= 0.3 is 0 Å². The van der Waals surface area contributed by atoms with Crippen molar-refractivity contribution >= 4 is 11.6 Å². The topological polar surface area (TPSA) is 57.2 Å². The van der Waals surface area contributed by atoms with Crippen LogP contribution in [0.4, 0.5) is 5.69 Å². The molecule has 0 saturated heterocycles. The smallest absolute Gasteiger partial charge is 0.245 e. The van der Waals surface area contributed by atoms with E-state index in [-0.39, 0.29) is 5.91 Å². The molecule has 1 amide bonds. The van der Waals surface area contributed by atoms with E-state index in [1.807, 2.05) is 41.3 Å². The number of methoxy groups -OCH3 is 1. The molecule has 0 aliphatic carbocycles. The van der Waals surface area contributed by atoms with Crippen LogP contribution in [-0.2, 0) is 14.9 Å². The molecule has 6 nitrogen and oxygen atoms in total. The molecule has 2 aromatic carbocycles. The van der Waals surface area contributed by atoms with Crippen LogP contribution in [0.2, 0.25) is 0 Å². The highest BCUT2D eigenvalue weighted by molar-refractivity contribution is 6.11. The Kier molecular flexibility index (Phi) is 3.75. The van der Waals surface area contributed by atoms with Crippen molar-refractivity contribution in [2.75, 3.05) is 45.0 Å². The third-order valence-corrected chi connectivity index (χ3v) is 5.54. The Balaban J connectivity index is 1.62. The van der Waals surface area contributed by atoms with E-state index in [9.17, 15) is 4.79 Å². The average Bonchev–Trinajstić information content (AvgIpc) is 3.19. The number of fused-ring (bicyclic) bond motifs is 5. The van der Waals surface area contributed by atoms with Crippen molar-refractivity contribution in [3.63, 3.8) is 0 Å². The summed E-state index contributed by atoms with van der Waals surface area (Å²) in [5.74, 6) is 2.09. The predicted molar refractivity (Wildman–Crippen MR) is 99.0 cm³/mol. The maximum Gasteiger partial charge on any atom is 0.245 e. The van der Waals surface area contributed by atoms with E-state index in [1.54, 1.807) is 7.11 Å². The zero-order valence-electron chi connectivity index (χ0n) is 15.2. The summed E-state index contributed by atoms with van der Waals surface area (Å²) < 4.78 is 22.6. The highest BCUT2D eigenvalue weighted by Crippen LogP contribution is 2.54. The summed E-state index contributed by atoms with van der Waals surface area (Å²) in [5.41, 5.74) is 1.97. The number of hydrogen-bond acceptors (Lipinski definition) is 5. The minimum atomic E-state index is -0.825. The number of ether oxygens (including phenoxy) is 4. The summed E-state index contributed by atoms with van der Waals surface area (Å²) in [7, 11) is 1.67. The van der Waals surface area contributed by atoms with Gasteiger partial charge in [-0.25, -0.2) is 0 Å². The molecule has 1 spiro atoms. The van der Waals surface area contributed by atoms with Crippen LogP contribution in [0.25, 0.3) is 0 Å². The van der Waals surface area contributed by atoms with Gasteiger partial charge in [0.2, 0.25) is 5.91 Å². The second kappa shape index (κ2) is 6.16. The first-order valence-electron chi connectivity index (χ1n) is 9.23. The molecule has 0 radical (unpaired) electrons. The molecule has 0 aromatic heterocycles. The summed E-state index contributed by atoms with van der Waals surface area (Å²) in [4.78, 5) is 15.5. The number of nitrogens with zero attached hydrogens (tertiary/aromatic N) is 1. The van der Waals surface area contributed by atoms with Gasteiger partial charge in [0.1, 0.15) is 31.0 Å². The van der Waals surface area contributed by atoms with E-state index < -0.39 is 5.41 Å². The van der Waals surface area contributed by atoms with E-state index in [2.05, 4.69) is 0 Å². The lowest BCUT2D eigenvalue weighted by Crippen LogP contribution is -2.43. The molecule has 0 N–H and O–H groups in total. The van der Waals surface area contributed by atoms with E-state index in [0.29, 0.717) is 50.2 Å². The molecule has 3 aliphatic heterocycles. The first-order valence-corrected chi connectivity index (χ1v) is 9.23. The SMILES string of the molecule is COCCCN1C(=O)C2(COc3cc4c(cc32)OCCO4)c2ccccc21. The number of anilines is 1. The Morgan fingerprint density at radius 3 is 2.63 bits per heavy atom. The monoisotopic (exact) mass is 367 g/mol. The van der Waals surface area contributed by atoms with E-state index in [0.717, 1.165) is 23.2 Å². The van der Waals surface area contributed by atoms with E-state index >= 15 is 0 Å². The van der Waals surface area contributed by atoms with Crippen LogP contribution in [-0.4, -0.2) is 46.0 Å². The molecule has 140 valence electrons. The molecule has 0 saturated carbocycles. The normalized spacial score (nSPS) is 22.0. The van der Waals surface area contributed by atoms with Gasteiger partial charge in [-0.2, -0.15) is 0 Å². The van der Waals surface area contributed by atoms with Gasteiger partial charge in [-0.05, 0) is 24.1 Å². The van der Waals surface area contributed by atoms with Gasteiger partial charge in [-0.1, -0.05) is 18.2 Å². The summed E-state index contributed by atoms with van der Waals surface area (Å²) >= 11 is 0. The molecule has 1 atom stereocenters. The van der Waals surface area contributed by atoms with Gasteiger partial charge in [-0.3, -0.25) is 4.79 Å². The predicted octanol–water partition coefficient (Wildman–Crippen LogP) is 2.52. The van der Waals surface area contributed by atoms with Gasteiger partial charge in [0, 0.05) is 37.6 Å². The van der Waals surface area contributed by atoms with Gasteiger partial charge < -0.3 is 23.8 Å². The highest BCUT2D eigenvalue weighted by Gasteiger charge is 2.57. The van der Waals surface area contributed by atoms with Crippen molar-refractivity contribution in [2.24, 2.45) is 0 Å². The fourth-order valence-electron chi connectivity index (χ4n) is 4.30. The van der Waals surface area contributed by atoms with Crippen LogP contribution in [0, 0.1) is 0 Å². The largest absolute Gasteiger partial charge is 0.491 e. The van der Waals surface area contributed by atoms with Crippen LogP contribution in [0.3, 0.4) is 0 Å². The lowest BCUT2D eigenvalue weighted by molar-refractivity contribution is -0.122. The standard InChI is InChI=1S/C21H21NO5/c1-24-8-4-7-22-16-6-3-2-5-14(16)21(20(22)23)13-27-17-12-19-18(11-15(17)21)25-9-10-26-19/h2-3,5-6,11-12H,4,7-10,13H2,1H3. The van der Waals surface area contributed by atoms with Gasteiger partial charge in [0.25, 0.3) is 0 Å². The van der Waals surface area contributed by atoms with Crippen molar-refractivity contribution in [3.05, 3.63) is 47.5 Å². The first kappa shape index (κ1) is 16.4. The molecular formula is C21H21NO5. The number of carbonyl (C=O) groups is 1. The number of rotatable bonds is 4. The molecule has 2 aromatic rings. The van der Waals surface area contributed by atoms with Crippen LogP contribution in [0.5, 0.6) is 17.2 Å². The van der Waals surface area contributed by atoms with Crippen LogP contribution in [0.15, 0.2) is 36.4 Å². The molecule has 0 bridgehead atoms. The van der Waals surface area contributed by atoms with Crippen LogP contribution >= 0.6 is 0 Å². The van der Waals surface area contributed by atoms with Crippen molar-refractivity contribution < 1.29 is 23.7 Å². The van der Waals surface area contributed by atoms with Crippen molar-refractivity contribution in [1.29, 1.82) is 0 Å². The Labute approximate surface area is 157 Å². The van der Waals surface area contributed by atoms with Gasteiger partial charge in [-0.15, -0.1) is 0 Å². The van der Waals surface area contributed by atoms with Crippen LogP contribution in [0.1, 0.15) is 17.5 Å². The van der Waals surface area contributed by atoms with E-state index in [4.69, 9.17) is 18.9 Å². The summed E-state index contributed by atoms with van der Waals surface area (Å²) in [6, 6.07) is 11.7. The highest BCUT2D eigenvalue weighted by atomic mass is 16.6. The number of hydrogen-bond donors (Lipinski definition) is 0. The Morgan fingerprint density at radius 1 is 1.04 bits per heavy atom. The minimum absolute atomic E-state index is 0.0511. The lowest BCUT2D eigenvalue weighted by Gasteiger charge is -2.24. The number of benzene rings is 2. The molecule has 6 heteroatoms. The Morgan fingerprint density at radius 2 is 1.81 bits per heavy atom. The lowest BCUT2D eigenvalue weighted by atomic mass is 9.77. The maximum absolute atomic E-state index is 13.6. The summed E-state index contributed by atoms with van der Waals surface area (Å²) in [5, 5.41) is 0. The maximum atomic E-state index is 13.6.